The lowest BCUT2D eigenvalue weighted by molar-refractivity contribution is -0.385. The topological polar surface area (TPSA) is 137 Å². The highest BCUT2D eigenvalue weighted by atomic mass is 16.6. The Labute approximate surface area is 177 Å². The van der Waals surface area contributed by atoms with Crippen molar-refractivity contribution in [3.05, 3.63) is 76.2 Å². The van der Waals surface area contributed by atoms with Gasteiger partial charge in [-0.05, 0) is 26.0 Å². The van der Waals surface area contributed by atoms with Crippen molar-refractivity contribution in [3.8, 4) is 11.3 Å². The molecule has 3 rings (SSSR count). The summed E-state index contributed by atoms with van der Waals surface area (Å²) in [4.78, 5) is 39.9. The third kappa shape index (κ3) is 5.50. The zero-order valence-corrected chi connectivity index (χ0v) is 16.8. The molecule has 10 nitrogen and oxygen atoms in total. The fourth-order valence-electron chi connectivity index (χ4n) is 2.92. The SMILES string of the molecule is CC(C)OC(=O)CC(NC(=O)c1cc(-c2cccnc2)on1)c1ccccc1[N+](=O)[O-]. The van der Waals surface area contributed by atoms with Crippen LogP contribution in [-0.2, 0) is 9.53 Å². The summed E-state index contributed by atoms with van der Waals surface area (Å²) in [5.41, 5.74) is 0.545. The van der Waals surface area contributed by atoms with Crippen molar-refractivity contribution >= 4 is 17.6 Å². The van der Waals surface area contributed by atoms with E-state index in [-0.39, 0.29) is 29.5 Å². The fraction of sp³-hybridized carbons (Fsp3) is 0.238. The van der Waals surface area contributed by atoms with Gasteiger partial charge in [0.15, 0.2) is 11.5 Å². The van der Waals surface area contributed by atoms with Crippen molar-refractivity contribution in [2.24, 2.45) is 0 Å². The summed E-state index contributed by atoms with van der Waals surface area (Å²) in [7, 11) is 0. The van der Waals surface area contributed by atoms with Gasteiger partial charge < -0.3 is 14.6 Å². The van der Waals surface area contributed by atoms with Crippen LogP contribution in [0.3, 0.4) is 0 Å². The van der Waals surface area contributed by atoms with Gasteiger partial charge in [0.25, 0.3) is 11.6 Å². The molecular formula is C21H20N4O6. The Morgan fingerprint density at radius 1 is 1.23 bits per heavy atom. The van der Waals surface area contributed by atoms with Gasteiger partial charge in [0.05, 0.1) is 29.1 Å². The summed E-state index contributed by atoms with van der Waals surface area (Å²) in [6.07, 6.45) is 2.50. The maximum atomic E-state index is 12.8. The van der Waals surface area contributed by atoms with Gasteiger partial charge in [0.1, 0.15) is 0 Å². The quantitative estimate of drug-likeness (QED) is 0.330. The number of rotatable bonds is 8. The van der Waals surface area contributed by atoms with Crippen LogP contribution in [-0.4, -0.2) is 33.0 Å². The number of ether oxygens (including phenoxy) is 1. The highest BCUT2D eigenvalue weighted by Gasteiger charge is 2.28. The number of nitrogens with one attached hydrogen (secondary N) is 1. The van der Waals surface area contributed by atoms with Crippen LogP contribution in [0, 0.1) is 10.1 Å². The number of hydrogen-bond donors (Lipinski definition) is 1. The Hall–Kier alpha value is -4.08. The van der Waals surface area contributed by atoms with Gasteiger partial charge >= 0.3 is 5.97 Å². The van der Waals surface area contributed by atoms with Crippen LogP contribution >= 0.6 is 0 Å². The zero-order valence-electron chi connectivity index (χ0n) is 16.8. The number of esters is 1. The normalized spacial score (nSPS) is 11.7. The molecule has 1 N–H and O–H groups in total. The Morgan fingerprint density at radius 3 is 2.68 bits per heavy atom. The summed E-state index contributed by atoms with van der Waals surface area (Å²) < 4.78 is 10.4. The predicted octanol–water partition coefficient (Wildman–Crippen LogP) is 3.46. The molecule has 160 valence electrons. The van der Waals surface area contributed by atoms with E-state index in [4.69, 9.17) is 9.26 Å². The lowest BCUT2D eigenvalue weighted by Gasteiger charge is -2.18. The summed E-state index contributed by atoms with van der Waals surface area (Å²) in [6, 6.07) is 9.76. The molecule has 0 bridgehead atoms. The number of hydrogen-bond acceptors (Lipinski definition) is 8. The number of nitrogens with zero attached hydrogens (tertiary/aromatic N) is 3. The summed E-state index contributed by atoms with van der Waals surface area (Å²) in [6.45, 7) is 3.37. The first-order valence-corrected chi connectivity index (χ1v) is 9.46. The third-order valence-corrected chi connectivity index (χ3v) is 4.24. The standard InChI is InChI=1S/C21H20N4O6/c1-13(2)30-20(26)11-16(15-7-3-4-8-18(15)25(28)29)23-21(27)17-10-19(31-24-17)14-6-5-9-22-12-14/h3-10,12-13,16H,11H2,1-2H3,(H,23,27). The van der Waals surface area contributed by atoms with Gasteiger partial charge in [-0.25, -0.2) is 0 Å². The monoisotopic (exact) mass is 424 g/mol. The minimum Gasteiger partial charge on any atom is -0.463 e. The first-order valence-electron chi connectivity index (χ1n) is 9.46. The Bertz CT molecular complexity index is 1080. The maximum Gasteiger partial charge on any atom is 0.308 e. The van der Waals surface area contributed by atoms with Crippen LogP contribution < -0.4 is 5.32 Å². The van der Waals surface area contributed by atoms with Crippen LogP contribution in [0.5, 0.6) is 0 Å². The minimum atomic E-state index is -1.00. The van der Waals surface area contributed by atoms with Crippen LogP contribution in [0.4, 0.5) is 5.69 Å². The number of nitro groups is 1. The molecule has 1 unspecified atom stereocenters. The van der Waals surface area contributed by atoms with Crippen molar-refractivity contribution in [3.63, 3.8) is 0 Å². The van der Waals surface area contributed by atoms with Gasteiger partial charge in [0, 0.05) is 30.1 Å². The van der Waals surface area contributed by atoms with E-state index in [9.17, 15) is 19.7 Å². The van der Waals surface area contributed by atoms with E-state index < -0.39 is 22.8 Å². The lowest BCUT2D eigenvalue weighted by atomic mass is 10.0. The van der Waals surface area contributed by atoms with Crippen molar-refractivity contribution in [1.82, 2.24) is 15.5 Å². The van der Waals surface area contributed by atoms with Crippen LogP contribution in [0.25, 0.3) is 11.3 Å². The van der Waals surface area contributed by atoms with Gasteiger partial charge in [-0.3, -0.25) is 24.7 Å². The van der Waals surface area contributed by atoms with Gasteiger partial charge in [-0.2, -0.15) is 0 Å². The Balaban J connectivity index is 1.86. The molecule has 0 aliphatic carbocycles. The van der Waals surface area contributed by atoms with E-state index >= 15 is 0 Å². The minimum absolute atomic E-state index is 0.0420. The van der Waals surface area contributed by atoms with Gasteiger partial charge in [0.2, 0.25) is 0 Å². The van der Waals surface area contributed by atoms with E-state index in [1.54, 1.807) is 44.4 Å². The molecule has 1 aromatic carbocycles. The van der Waals surface area contributed by atoms with Crippen molar-refractivity contribution < 1.29 is 23.8 Å². The molecule has 31 heavy (non-hydrogen) atoms. The fourth-order valence-corrected chi connectivity index (χ4v) is 2.92. The molecule has 0 saturated carbocycles. The number of carbonyl (C=O) groups is 2. The van der Waals surface area contributed by atoms with Gasteiger partial charge in [-0.1, -0.05) is 23.4 Å². The molecule has 1 atom stereocenters. The van der Waals surface area contributed by atoms with E-state index in [1.807, 2.05) is 0 Å². The molecule has 10 heteroatoms. The lowest BCUT2D eigenvalue weighted by Crippen LogP contribution is -2.31. The molecule has 0 saturated heterocycles. The molecular weight excluding hydrogens is 404 g/mol. The highest BCUT2D eigenvalue weighted by Crippen LogP contribution is 2.28. The van der Waals surface area contributed by atoms with Crippen LogP contribution in [0.15, 0.2) is 59.4 Å². The molecule has 2 heterocycles. The largest absolute Gasteiger partial charge is 0.463 e. The molecule has 3 aromatic rings. The maximum absolute atomic E-state index is 12.8. The number of pyridine rings is 1. The highest BCUT2D eigenvalue weighted by molar-refractivity contribution is 5.93. The molecule has 1 amide bonds. The number of benzene rings is 1. The smallest absolute Gasteiger partial charge is 0.308 e. The first kappa shape index (κ1) is 21.6. The summed E-state index contributed by atoms with van der Waals surface area (Å²) in [5, 5.41) is 17.8. The molecule has 0 aliphatic rings. The van der Waals surface area contributed by atoms with Crippen molar-refractivity contribution in [2.45, 2.75) is 32.4 Å². The number of aromatic nitrogens is 2. The molecule has 0 aliphatic heterocycles. The average molecular weight is 424 g/mol. The molecule has 0 fully saturated rings. The number of carbonyl (C=O) groups excluding carboxylic acids is 2. The third-order valence-electron chi connectivity index (χ3n) is 4.24. The molecule has 0 radical (unpaired) electrons. The van der Waals surface area contributed by atoms with Crippen LogP contribution in [0.1, 0.15) is 42.4 Å². The van der Waals surface area contributed by atoms with E-state index in [0.29, 0.717) is 11.3 Å². The Morgan fingerprint density at radius 2 is 2.00 bits per heavy atom. The first-order chi connectivity index (χ1) is 14.8. The summed E-state index contributed by atoms with van der Waals surface area (Å²) in [5.74, 6) is -0.922. The zero-order chi connectivity index (χ0) is 22.4. The van der Waals surface area contributed by atoms with Gasteiger partial charge in [-0.15, -0.1) is 0 Å². The predicted molar refractivity (Wildman–Crippen MR) is 109 cm³/mol. The van der Waals surface area contributed by atoms with E-state index in [0.717, 1.165) is 0 Å². The Kier molecular flexibility index (Phi) is 6.71. The number of amides is 1. The molecule has 2 aromatic heterocycles. The second-order valence-electron chi connectivity index (χ2n) is 6.90. The van der Waals surface area contributed by atoms with Crippen LogP contribution in [0.2, 0.25) is 0 Å². The van der Waals surface area contributed by atoms with E-state index in [2.05, 4.69) is 15.5 Å². The second-order valence-corrected chi connectivity index (χ2v) is 6.90. The van der Waals surface area contributed by atoms with E-state index in [1.165, 1.54) is 24.3 Å². The number of para-hydroxylation sites is 1. The average Bonchev–Trinajstić information content (AvgIpc) is 3.24. The second kappa shape index (κ2) is 9.61. The van der Waals surface area contributed by atoms with Crippen molar-refractivity contribution in [2.75, 3.05) is 0 Å². The molecule has 0 spiro atoms. The number of nitro benzene ring substituents is 1. The summed E-state index contributed by atoms with van der Waals surface area (Å²) >= 11 is 0. The van der Waals surface area contributed by atoms with Crippen molar-refractivity contribution in [1.29, 1.82) is 0 Å².